The average molecular weight is 273 g/mol. The first kappa shape index (κ1) is 14.7. The van der Waals surface area contributed by atoms with Crippen LogP contribution in [0.15, 0.2) is 54.6 Å². The summed E-state index contributed by atoms with van der Waals surface area (Å²) in [7, 11) is 0. The molecule has 0 heterocycles. The van der Waals surface area contributed by atoms with Crippen molar-refractivity contribution in [3.8, 4) is 0 Å². The molecule has 0 aliphatic carbocycles. The van der Waals surface area contributed by atoms with Crippen LogP contribution in [-0.4, -0.2) is 11.7 Å². The van der Waals surface area contributed by atoms with Crippen molar-refractivity contribution in [2.24, 2.45) is 0 Å². The Bertz CT molecular complexity index is 530. The second-order valence-corrected chi connectivity index (χ2v) is 4.82. The van der Waals surface area contributed by atoms with E-state index in [1.54, 1.807) is 18.2 Å². The van der Waals surface area contributed by atoms with Gasteiger partial charge in [-0.25, -0.2) is 4.39 Å². The predicted octanol–water partition coefficient (Wildman–Crippen LogP) is 3.60. The Balaban J connectivity index is 1.99. The summed E-state index contributed by atoms with van der Waals surface area (Å²) < 4.78 is 13.6. The molecule has 2 aromatic rings. The van der Waals surface area contributed by atoms with Gasteiger partial charge >= 0.3 is 0 Å². The number of aliphatic hydroxyl groups is 1. The Hall–Kier alpha value is -1.71. The minimum atomic E-state index is -0.839. The molecule has 2 rings (SSSR count). The summed E-state index contributed by atoms with van der Waals surface area (Å²) >= 11 is 0. The third-order valence-electron chi connectivity index (χ3n) is 3.43. The molecule has 2 aromatic carbocycles. The van der Waals surface area contributed by atoms with E-state index in [4.69, 9.17) is 0 Å². The number of rotatable bonds is 6. The van der Waals surface area contributed by atoms with Gasteiger partial charge in [-0.05, 0) is 18.1 Å². The highest BCUT2D eigenvalue weighted by atomic mass is 19.1. The van der Waals surface area contributed by atoms with Crippen LogP contribution in [0.4, 0.5) is 4.39 Å². The summed E-state index contributed by atoms with van der Waals surface area (Å²) in [5, 5.41) is 13.4. The van der Waals surface area contributed by atoms with Crippen LogP contribution < -0.4 is 5.32 Å². The van der Waals surface area contributed by atoms with Gasteiger partial charge in [-0.1, -0.05) is 55.5 Å². The van der Waals surface area contributed by atoms with Crippen LogP contribution in [0.2, 0.25) is 0 Å². The summed E-state index contributed by atoms with van der Waals surface area (Å²) in [6, 6.07) is 16.6. The average Bonchev–Trinajstić information content (AvgIpc) is 2.49. The third kappa shape index (κ3) is 3.65. The molecular weight excluding hydrogens is 253 g/mol. The lowest BCUT2D eigenvalue weighted by Gasteiger charge is -2.20. The first-order valence-electron chi connectivity index (χ1n) is 6.93. The Morgan fingerprint density at radius 1 is 1.05 bits per heavy atom. The number of nitrogens with one attached hydrogen (secondary N) is 1. The van der Waals surface area contributed by atoms with E-state index in [1.807, 2.05) is 18.2 Å². The molecule has 1 unspecified atom stereocenters. The van der Waals surface area contributed by atoms with E-state index in [-0.39, 0.29) is 11.9 Å². The van der Waals surface area contributed by atoms with Gasteiger partial charge in [0.1, 0.15) is 5.82 Å². The maximum Gasteiger partial charge on any atom is 0.129 e. The fraction of sp³-hybridized carbons (Fsp3) is 0.294. The number of aliphatic hydroxyl groups excluding tert-OH is 1. The molecule has 0 bridgehead atoms. The van der Waals surface area contributed by atoms with Crippen molar-refractivity contribution >= 4 is 0 Å². The van der Waals surface area contributed by atoms with Gasteiger partial charge in [0, 0.05) is 18.2 Å². The second kappa shape index (κ2) is 7.17. The lowest BCUT2D eigenvalue weighted by Crippen LogP contribution is -2.26. The van der Waals surface area contributed by atoms with Crippen LogP contribution in [0.3, 0.4) is 0 Å². The zero-order valence-corrected chi connectivity index (χ0v) is 11.6. The molecule has 0 fully saturated rings. The number of halogens is 1. The second-order valence-electron chi connectivity index (χ2n) is 4.82. The standard InChI is InChI=1S/C17H20FNO/c1-2-16(13-8-4-3-5-9-13)19-12-17(20)14-10-6-7-11-15(14)18/h3-11,16-17,19-20H,2,12H2,1H3/t16-,17?/m1/s1. The molecule has 0 amide bonds. The molecule has 0 aromatic heterocycles. The van der Waals surface area contributed by atoms with Gasteiger partial charge < -0.3 is 10.4 Å². The molecule has 3 heteroatoms. The van der Waals surface area contributed by atoms with Crippen molar-refractivity contribution in [3.63, 3.8) is 0 Å². The van der Waals surface area contributed by atoms with E-state index in [9.17, 15) is 9.50 Å². The van der Waals surface area contributed by atoms with Gasteiger partial charge in [0.05, 0.1) is 6.10 Å². The van der Waals surface area contributed by atoms with E-state index in [1.165, 1.54) is 11.6 Å². The lowest BCUT2D eigenvalue weighted by molar-refractivity contribution is 0.165. The molecule has 0 radical (unpaired) electrons. The summed E-state index contributed by atoms with van der Waals surface area (Å²) in [6.07, 6.45) is 0.0718. The zero-order chi connectivity index (χ0) is 14.4. The van der Waals surface area contributed by atoms with Gasteiger partial charge in [-0.2, -0.15) is 0 Å². The molecule has 20 heavy (non-hydrogen) atoms. The summed E-state index contributed by atoms with van der Waals surface area (Å²) in [4.78, 5) is 0. The maximum atomic E-state index is 13.6. The molecule has 106 valence electrons. The minimum absolute atomic E-state index is 0.164. The van der Waals surface area contributed by atoms with E-state index < -0.39 is 6.10 Å². The Kier molecular flexibility index (Phi) is 5.27. The number of benzene rings is 2. The molecule has 2 nitrogen and oxygen atoms in total. The van der Waals surface area contributed by atoms with Gasteiger partial charge in [-0.3, -0.25) is 0 Å². The quantitative estimate of drug-likeness (QED) is 0.843. The smallest absolute Gasteiger partial charge is 0.129 e. The molecule has 0 saturated carbocycles. The molecule has 2 atom stereocenters. The molecule has 2 N–H and O–H groups in total. The van der Waals surface area contributed by atoms with Gasteiger partial charge in [-0.15, -0.1) is 0 Å². The van der Waals surface area contributed by atoms with Crippen LogP contribution in [0.1, 0.15) is 36.6 Å². The lowest BCUT2D eigenvalue weighted by atomic mass is 10.0. The van der Waals surface area contributed by atoms with Crippen molar-refractivity contribution in [2.45, 2.75) is 25.5 Å². The van der Waals surface area contributed by atoms with Crippen LogP contribution in [-0.2, 0) is 0 Å². The highest BCUT2D eigenvalue weighted by Crippen LogP contribution is 2.19. The van der Waals surface area contributed by atoms with Crippen molar-refractivity contribution in [2.75, 3.05) is 6.54 Å². The van der Waals surface area contributed by atoms with Crippen molar-refractivity contribution < 1.29 is 9.50 Å². The molecule has 0 spiro atoms. The van der Waals surface area contributed by atoms with Crippen molar-refractivity contribution in [3.05, 3.63) is 71.5 Å². The Labute approximate surface area is 119 Å². The molecule has 0 aliphatic rings. The highest BCUT2D eigenvalue weighted by Gasteiger charge is 2.14. The van der Waals surface area contributed by atoms with E-state index >= 15 is 0 Å². The monoisotopic (exact) mass is 273 g/mol. The minimum Gasteiger partial charge on any atom is -0.387 e. The van der Waals surface area contributed by atoms with Crippen LogP contribution in [0.5, 0.6) is 0 Å². The summed E-state index contributed by atoms with van der Waals surface area (Å²) in [5.41, 5.74) is 1.51. The molecule has 0 aliphatic heterocycles. The SMILES string of the molecule is CC[C@@H](NCC(O)c1ccccc1F)c1ccccc1. The first-order chi connectivity index (χ1) is 9.72. The van der Waals surface area contributed by atoms with E-state index in [2.05, 4.69) is 24.4 Å². The van der Waals surface area contributed by atoms with Gasteiger partial charge in [0.15, 0.2) is 0 Å². The van der Waals surface area contributed by atoms with Crippen LogP contribution >= 0.6 is 0 Å². The van der Waals surface area contributed by atoms with Crippen molar-refractivity contribution in [1.82, 2.24) is 5.32 Å². The normalized spacial score (nSPS) is 13.9. The zero-order valence-electron chi connectivity index (χ0n) is 11.6. The Morgan fingerprint density at radius 3 is 2.35 bits per heavy atom. The maximum absolute atomic E-state index is 13.6. The molecule has 0 saturated heterocycles. The Morgan fingerprint density at radius 2 is 1.70 bits per heavy atom. The largest absolute Gasteiger partial charge is 0.387 e. The fourth-order valence-corrected chi connectivity index (χ4v) is 2.29. The highest BCUT2D eigenvalue weighted by molar-refractivity contribution is 5.21. The van der Waals surface area contributed by atoms with Crippen LogP contribution in [0.25, 0.3) is 0 Å². The summed E-state index contributed by atoms with van der Waals surface area (Å²) in [6.45, 7) is 2.41. The number of hydrogen-bond donors (Lipinski definition) is 2. The van der Waals surface area contributed by atoms with E-state index in [0.29, 0.717) is 12.1 Å². The molecular formula is C17H20FNO. The third-order valence-corrected chi connectivity index (χ3v) is 3.43. The van der Waals surface area contributed by atoms with Crippen LogP contribution in [0, 0.1) is 5.82 Å². The fourth-order valence-electron chi connectivity index (χ4n) is 2.29. The number of hydrogen-bond acceptors (Lipinski definition) is 2. The van der Waals surface area contributed by atoms with Gasteiger partial charge in [0.2, 0.25) is 0 Å². The predicted molar refractivity (Wildman–Crippen MR) is 78.8 cm³/mol. The van der Waals surface area contributed by atoms with Crippen molar-refractivity contribution in [1.29, 1.82) is 0 Å². The summed E-state index contributed by atoms with van der Waals surface area (Å²) in [5.74, 6) is -0.366. The topological polar surface area (TPSA) is 32.3 Å². The first-order valence-corrected chi connectivity index (χ1v) is 6.93. The van der Waals surface area contributed by atoms with Gasteiger partial charge in [0.25, 0.3) is 0 Å². The van der Waals surface area contributed by atoms with E-state index in [0.717, 1.165) is 6.42 Å².